The predicted octanol–water partition coefficient (Wildman–Crippen LogP) is 2.92. The summed E-state index contributed by atoms with van der Waals surface area (Å²) in [5.41, 5.74) is 1.38. The number of methoxy groups -OCH3 is 1. The Bertz CT molecular complexity index is 678. The number of hydrogen-bond donors (Lipinski definition) is 3. The van der Waals surface area contributed by atoms with E-state index in [0.29, 0.717) is 11.4 Å². The van der Waals surface area contributed by atoms with E-state index < -0.39 is 12.0 Å². The van der Waals surface area contributed by atoms with Crippen LogP contribution in [-0.4, -0.2) is 35.9 Å². The number of benzene rings is 2. The highest BCUT2D eigenvalue weighted by Gasteiger charge is 2.24. The van der Waals surface area contributed by atoms with Crippen LogP contribution in [0.5, 0.6) is 5.75 Å². The number of nitrogens with one attached hydrogen (secondary N) is 1. The standard InChI is InChI=1S/C18H20BrNO4/c1-24-17-9-13(7-8-16(17)19)20-18(23)15(10-14(22)11-21)12-5-3-2-4-6-12/h2-9,14-15,21-22H,10-11H2,1H3,(H,20,23)/t14-,15+/m0/s1. The van der Waals surface area contributed by atoms with Gasteiger partial charge in [-0.1, -0.05) is 30.3 Å². The first-order valence-electron chi connectivity index (χ1n) is 7.53. The topological polar surface area (TPSA) is 78.8 Å². The van der Waals surface area contributed by atoms with Gasteiger partial charge in [-0.05, 0) is 40.0 Å². The molecule has 0 fully saturated rings. The van der Waals surface area contributed by atoms with Gasteiger partial charge >= 0.3 is 0 Å². The molecule has 0 saturated carbocycles. The summed E-state index contributed by atoms with van der Waals surface area (Å²) in [4.78, 5) is 12.7. The molecule has 0 heterocycles. The molecule has 0 radical (unpaired) electrons. The zero-order valence-electron chi connectivity index (χ0n) is 13.3. The second kappa shape index (κ2) is 8.82. The molecule has 0 aromatic heterocycles. The third-order valence-corrected chi connectivity index (χ3v) is 4.31. The van der Waals surface area contributed by atoms with E-state index in [1.165, 1.54) is 0 Å². The summed E-state index contributed by atoms with van der Waals surface area (Å²) in [7, 11) is 1.55. The Hall–Kier alpha value is -1.89. The van der Waals surface area contributed by atoms with Crippen molar-refractivity contribution in [2.24, 2.45) is 0 Å². The van der Waals surface area contributed by atoms with Gasteiger partial charge in [0.1, 0.15) is 5.75 Å². The van der Waals surface area contributed by atoms with E-state index in [1.807, 2.05) is 30.3 Å². The predicted molar refractivity (Wildman–Crippen MR) is 96.2 cm³/mol. The molecule has 0 unspecified atom stereocenters. The van der Waals surface area contributed by atoms with Crippen LogP contribution < -0.4 is 10.1 Å². The number of halogens is 1. The Kier molecular flexibility index (Phi) is 6.78. The molecule has 0 spiro atoms. The van der Waals surface area contributed by atoms with E-state index >= 15 is 0 Å². The van der Waals surface area contributed by atoms with Crippen LogP contribution in [0.25, 0.3) is 0 Å². The Morgan fingerprint density at radius 3 is 2.58 bits per heavy atom. The summed E-state index contributed by atoms with van der Waals surface area (Å²) in [6, 6.07) is 14.5. The molecule has 1 amide bonds. The molecule has 2 rings (SSSR count). The van der Waals surface area contributed by atoms with Crippen molar-refractivity contribution in [3.05, 3.63) is 58.6 Å². The molecule has 128 valence electrons. The zero-order valence-corrected chi connectivity index (χ0v) is 14.9. The van der Waals surface area contributed by atoms with Gasteiger partial charge in [-0.2, -0.15) is 0 Å². The van der Waals surface area contributed by atoms with E-state index in [1.54, 1.807) is 25.3 Å². The number of anilines is 1. The number of carbonyl (C=O) groups is 1. The molecule has 0 aliphatic carbocycles. The van der Waals surface area contributed by atoms with Crippen molar-refractivity contribution in [2.75, 3.05) is 19.0 Å². The molecular weight excluding hydrogens is 374 g/mol. The minimum atomic E-state index is -0.958. The van der Waals surface area contributed by atoms with Crippen molar-refractivity contribution in [2.45, 2.75) is 18.4 Å². The smallest absolute Gasteiger partial charge is 0.232 e. The van der Waals surface area contributed by atoms with Crippen LogP contribution >= 0.6 is 15.9 Å². The molecule has 5 nitrogen and oxygen atoms in total. The van der Waals surface area contributed by atoms with Crippen LogP contribution in [-0.2, 0) is 4.79 Å². The second-order valence-electron chi connectivity index (χ2n) is 5.37. The van der Waals surface area contributed by atoms with Crippen molar-refractivity contribution < 1.29 is 19.7 Å². The molecule has 0 aliphatic rings. The average molecular weight is 394 g/mol. The van der Waals surface area contributed by atoms with Gasteiger partial charge in [0, 0.05) is 11.8 Å². The van der Waals surface area contributed by atoms with Gasteiger partial charge in [-0.15, -0.1) is 0 Å². The Labute approximate surface area is 149 Å². The number of hydrogen-bond acceptors (Lipinski definition) is 4. The van der Waals surface area contributed by atoms with Crippen LogP contribution in [0.15, 0.2) is 53.0 Å². The Balaban J connectivity index is 2.21. The van der Waals surface area contributed by atoms with Gasteiger partial charge in [0.15, 0.2) is 0 Å². The zero-order chi connectivity index (χ0) is 17.5. The van der Waals surface area contributed by atoms with E-state index in [4.69, 9.17) is 9.84 Å². The molecule has 3 N–H and O–H groups in total. The summed E-state index contributed by atoms with van der Waals surface area (Å²) in [5, 5.41) is 21.7. The summed E-state index contributed by atoms with van der Waals surface area (Å²) >= 11 is 3.37. The Morgan fingerprint density at radius 1 is 1.25 bits per heavy atom. The van der Waals surface area contributed by atoms with Crippen LogP contribution in [0.2, 0.25) is 0 Å². The van der Waals surface area contributed by atoms with Gasteiger partial charge in [-0.25, -0.2) is 0 Å². The summed E-state index contributed by atoms with van der Waals surface area (Å²) in [6.07, 6.45) is -0.819. The van der Waals surface area contributed by atoms with Gasteiger partial charge < -0.3 is 20.3 Å². The maximum Gasteiger partial charge on any atom is 0.232 e. The van der Waals surface area contributed by atoms with E-state index in [0.717, 1.165) is 10.0 Å². The van der Waals surface area contributed by atoms with Crippen LogP contribution in [0.3, 0.4) is 0 Å². The SMILES string of the molecule is COc1cc(NC(=O)[C@H](C[C@H](O)CO)c2ccccc2)ccc1Br. The normalized spacial score (nSPS) is 13.2. The molecule has 2 atom stereocenters. The first kappa shape index (κ1) is 18.4. The van der Waals surface area contributed by atoms with Crippen LogP contribution in [0.1, 0.15) is 17.9 Å². The lowest BCUT2D eigenvalue weighted by molar-refractivity contribution is -0.118. The van der Waals surface area contributed by atoms with Crippen LogP contribution in [0.4, 0.5) is 5.69 Å². The van der Waals surface area contributed by atoms with Gasteiger partial charge in [0.25, 0.3) is 0 Å². The first-order valence-corrected chi connectivity index (χ1v) is 8.32. The number of rotatable bonds is 7. The fraction of sp³-hybridized carbons (Fsp3) is 0.278. The fourth-order valence-corrected chi connectivity index (χ4v) is 2.80. The van der Waals surface area contributed by atoms with Crippen LogP contribution in [0, 0.1) is 0 Å². The first-order chi connectivity index (χ1) is 11.5. The minimum Gasteiger partial charge on any atom is -0.495 e. The third kappa shape index (κ3) is 4.80. The molecule has 6 heteroatoms. The molecule has 2 aromatic carbocycles. The lowest BCUT2D eigenvalue weighted by Gasteiger charge is -2.20. The summed E-state index contributed by atoms with van der Waals surface area (Å²) in [5.74, 6) is -0.208. The van der Waals surface area contributed by atoms with Crippen molar-refractivity contribution in [3.63, 3.8) is 0 Å². The molecule has 0 bridgehead atoms. The molecule has 0 saturated heterocycles. The number of aliphatic hydroxyl groups excluding tert-OH is 2. The fourth-order valence-electron chi connectivity index (χ4n) is 2.39. The molecular formula is C18H20BrNO4. The summed E-state index contributed by atoms with van der Waals surface area (Å²) < 4.78 is 6.01. The maximum atomic E-state index is 12.7. The highest BCUT2D eigenvalue weighted by atomic mass is 79.9. The number of aliphatic hydroxyl groups is 2. The van der Waals surface area contributed by atoms with Gasteiger partial charge in [0.2, 0.25) is 5.91 Å². The van der Waals surface area contributed by atoms with Crippen molar-refractivity contribution in [3.8, 4) is 5.75 Å². The lowest BCUT2D eigenvalue weighted by atomic mass is 9.92. The van der Waals surface area contributed by atoms with Gasteiger partial charge in [-0.3, -0.25) is 4.79 Å². The summed E-state index contributed by atoms with van der Waals surface area (Å²) in [6.45, 7) is -0.386. The van der Waals surface area contributed by atoms with E-state index in [2.05, 4.69) is 21.2 Å². The molecule has 24 heavy (non-hydrogen) atoms. The van der Waals surface area contributed by atoms with Crippen molar-refractivity contribution >= 4 is 27.5 Å². The van der Waals surface area contributed by atoms with Gasteiger partial charge in [0.05, 0.1) is 30.2 Å². The monoisotopic (exact) mass is 393 g/mol. The minimum absolute atomic E-state index is 0.139. The number of amides is 1. The highest BCUT2D eigenvalue weighted by molar-refractivity contribution is 9.10. The van der Waals surface area contributed by atoms with E-state index in [-0.39, 0.29) is 18.9 Å². The molecule has 0 aliphatic heterocycles. The average Bonchev–Trinajstić information content (AvgIpc) is 2.61. The maximum absolute atomic E-state index is 12.7. The Morgan fingerprint density at radius 2 is 1.96 bits per heavy atom. The molecule has 2 aromatic rings. The number of ether oxygens (including phenoxy) is 1. The lowest BCUT2D eigenvalue weighted by Crippen LogP contribution is -2.26. The van der Waals surface area contributed by atoms with Crippen molar-refractivity contribution in [1.82, 2.24) is 0 Å². The van der Waals surface area contributed by atoms with Crippen molar-refractivity contribution in [1.29, 1.82) is 0 Å². The third-order valence-electron chi connectivity index (χ3n) is 3.66. The van der Waals surface area contributed by atoms with E-state index in [9.17, 15) is 9.90 Å². The second-order valence-corrected chi connectivity index (χ2v) is 6.23. The quantitative estimate of drug-likeness (QED) is 0.675. The number of carbonyl (C=O) groups excluding carboxylic acids is 1. The largest absolute Gasteiger partial charge is 0.495 e. The highest BCUT2D eigenvalue weighted by Crippen LogP contribution is 2.29.